The van der Waals surface area contributed by atoms with Crippen LogP contribution in [-0.4, -0.2) is 73.4 Å². The summed E-state index contributed by atoms with van der Waals surface area (Å²) < 4.78 is 10.5. The van der Waals surface area contributed by atoms with Crippen molar-refractivity contribution in [2.45, 2.75) is 129 Å². The van der Waals surface area contributed by atoms with Crippen molar-refractivity contribution in [1.29, 1.82) is 0 Å². The van der Waals surface area contributed by atoms with Gasteiger partial charge in [0, 0.05) is 73.2 Å². The second-order valence-corrected chi connectivity index (χ2v) is 14.9. The summed E-state index contributed by atoms with van der Waals surface area (Å²) in [6.07, 6.45) is 20.6. The Morgan fingerprint density at radius 3 is 1.20 bits per heavy atom. The summed E-state index contributed by atoms with van der Waals surface area (Å²) in [5.41, 5.74) is 1.77. The first-order chi connectivity index (χ1) is 22.4. The number of hydrogen-bond acceptors (Lipinski definition) is 8. The van der Waals surface area contributed by atoms with Gasteiger partial charge >= 0.3 is 0 Å². The maximum atomic E-state index is 12.6. The maximum Gasteiger partial charge on any atom is 0.213 e. The van der Waals surface area contributed by atoms with Crippen LogP contribution >= 0.6 is 23.5 Å². The van der Waals surface area contributed by atoms with E-state index in [4.69, 9.17) is 9.47 Å². The summed E-state index contributed by atoms with van der Waals surface area (Å²) in [4.78, 5) is 54.4. The van der Waals surface area contributed by atoms with Crippen molar-refractivity contribution >= 4 is 46.6 Å². The molecule has 0 saturated heterocycles. The molecule has 2 rings (SSSR count). The Morgan fingerprint density at radius 1 is 0.609 bits per heavy atom. The molecule has 2 aliphatic carbocycles. The number of allylic oxidation sites excluding steroid dienone is 2. The average molecular weight is 681 g/mol. The second kappa shape index (κ2) is 24.5. The molecule has 0 aliphatic heterocycles. The fourth-order valence-electron chi connectivity index (χ4n) is 5.60. The predicted molar refractivity (Wildman–Crippen MR) is 190 cm³/mol. The number of rotatable bonds is 27. The molecule has 0 N–H and O–H groups in total. The van der Waals surface area contributed by atoms with E-state index in [0.29, 0.717) is 39.1 Å². The van der Waals surface area contributed by atoms with Gasteiger partial charge in [0.2, 0.25) is 12.8 Å². The minimum Gasteiger partial charge on any atom is -0.384 e. The van der Waals surface area contributed by atoms with E-state index in [-0.39, 0.29) is 22.1 Å². The smallest absolute Gasteiger partial charge is 0.213 e. The van der Waals surface area contributed by atoms with Gasteiger partial charge in [0.25, 0.3) is 0 Å². The van der Waals surface area contributed by atoms with Gasteiger partial charge in [0.05, 0.1) is 13.2 Å². The molecule has 0 aromatic heterocycles. The maximum absolute atomic E-state index is 12.6. The highest BCUT2D eigenvalue weighted by Crippen LogP contribution is 2.37. The zero-order valence-corrected chi connectivity index (χ0v) is 30.7. The summed E-state index contributed by atoms with van der Waals surface area (Å²) in [5, 5.41) is 0.459. The molecule has 46 heavy (non-hydrogen) atoms. The van der Waals surface area contributed by atoms with E-state index in [1.807, 2.05) is 13.8 Å². The van der Waals surface area contributed by atoms with Crippen LogP contribution in [0.4, 0.5) is 0 Å². The summed E-state index contributed by atoms with van der Waals surface area (Å²) in [6, 6.07) is 0. The molecule has 2 saturated carbocycles. The van der Waals surface area contributed by atoms with Crippen LogP contribution < -0.4 is 0 Å². The fourth-order valence-corrected chi connectivity index (χ4v) is 7.79. The molecule has 0 aromatic carbocycles. The highest BCUT2D eigenvalue weighted by Gasteiger charge is 2.28. The number of amides is 2. The van der Waals surface area contributed by atoms with Crippen molar-refractivity contribution < 1.29 is 28.7 Å². The van der Waals surface area contributed by atoms with E-state index in [0.717, 1.165) is 111 Å². The third kappa shape index (κ3) is 15.1. The number of carbonyl (C=O) groups excluding carboxylic acids is 4. The van der Waals surface area contributed by atoms with Crippen molar-refractivity contribution in [2.75, 3.05) is 40.5 Å². The Morgan fingerprint density at radius 2 is 0.935 bits per heavy atom. The number of methoxy groups -OCH3 is 2. The Balaban J connectivity index is 1.61. The van der Waals surface area contributed by atoms with Gasteiger partial charge in [-0.25, -0.2) is 0 Å². The van der Waals surface area contributed by atoms with E-state index in [9.17, 15) is 19.2 Å². The zero-order valence-electron chi connectivity index (χ0n) is 29.0. The molecule has 8 nitrogen and oxygen atoms in total. The van der Waals surface area contributed by atoms with Gasteiger partial charge < -0.3 is 19.3 Å². The Kier molecular flexibility index (Phi) is 21.6. The molecular weight excluding hydrogens is 621 g/mol. The largest absolute Gasteiger partial charge is 0.384 e. The van der Waals surface area contributed by atoms with Crippen molar-refractivity contribution in [3.8, 4) is 0 Å². The Hall–Kier alpha value is -1.62. The standard InChI is InChI=1S/C36H60N2O6S2/c1-29(33(21-25-43-3)45-35(41)31-17-15-18-31)37(27-39)23-13-11-9-7-5-6-8-10-12-14-24-38(28-40)30(2)34(22-26-44-4)46-36(42)32-19-16-20-32/h27-28,31-32H,5-26H2,1-4H3/b33-29-,34-30-. The highest BCUT2D eigenvalue weighted by molar-refractivity contribution is 8.17. The molecule has 0 atom stereocenters. The van der Waals surface area contributed by atoms with Crippen LogP contribution in [0.2, 0.25) is 0 Å². The number of unbranched alkanes of at least 4 members (excludes halogenated alkanes) is 9. The number of thioether (sulfide) groups is 2. The summed E-state index contributed by atoms with van der Waals surface area (Å²) in [7, 11) is 3.32. The van der Waals surface area contributed by atoms with Crippen molar-refractivity contribution in [3.63, 3.8) is 0 Å². The molecule has 10 heteroatoms. The molecule has 262 valence electrons. The fraction of sp³-hybridized carbons (Fsp3) is 0.778. The lowest BCUT2D eigenvalue weighted by Gasteiger charge is -2.26. The Bertz CT molecular complexity index is 915. The molecule has 0 heterocycles. The van der Waals surface area contributed by atoms with E-state index in [2.05, 4.69) is 0 Å². The van der Waals surface area contributed by atoms with E-state index in [1.54, 1.807) is 24.0 Å². The summed E-state index contributed by atoms with van der Waals surface area (Å²) in [6.45, 7) is 6.34. The average Bonchev–Trinajstić information content (AvgIpc) is 2.99. The first-order valence-electron chi connectivity index (χ1n) is 17.6. The molecule has 2 amide bonds. The van der Waals surface area contributed by atoms with Crippen LogP contribution in [0.15, 0.2) is 21.2 Å². The predicted octanol–water partition coefficient (Wildman–Crippen LogP) is 8.46. The van der Waals surface area contributed by atoms with Crippen molar-refractivity contribution in [3.05, 3.63) is 21.2 Å². The van der Waals surface area contributed by atoms with Gasteiger partial charge in [-0.1, -0.05) is 87.7 Å². The van der Waals surface area contributed by atoms with Gasteiger partial charge in [0.15, 0.2) is 10.2 Å². The molecule has 2 aliphatic rings. The highest BCUT2D eigenvalue weighted by atomic mass is 32.2. The van der Waals surface area contributed by atoms with Crippen LogP contribution in [0.5, 0.6) is 0 Å². The van der Waals surface area contributed by atoms with Gasteiger partial charge in [-0.05, 0) is 52.4 Å². The lowest BCUT2D eigenvalue weighted by molar-refractivity contribution is -0.117. The summed E-state index contributed by atoms with van der Waals surface area (Å²) in [5.74, 6) is 0.340. The van der Waals surface area contributed by atoms with Crippen molar-refractivity contribution in [2.24, 2.45) is 11.8 Å². The van der Waals surface area contributed by atoms with E-state index < -0.39 is 0 Å². The molecule has 0 aromatic rings. The number of carbonyl (C=O) groups is 4. The first kappa shape index (κ1) is 40.6. The molecule has 0 spiro atoms. The normalized spacial score (nSPS) is 16.2. The van der Waals surface area contributed by atoms with Gasteiger partial charge in [-0.15, -0.1) is 0 Å². The van der Waals surface area contributed by atoms with Crippen LogP contribution in [-0.2, 0) is 28.7 Å². The van der Waals surface area contributed by atoms with E-state index in [1.165, 1.54) is 49.2 Å². The molecular formula is C36H60N2O6S2. The van der Waals surface area contributed by atoms with Crippen LogP contribution in [0.1, 0.15) is 129 Å². The quantitative estimate of drug-likeness (QED) is 0.0630. The molecule has 0 bridgehead atoms. The number of nitrogens with zero attached hydrogens (tertiary/aromatic N) is 2. The van der Waals surface area contributed by atoms with E-state index >= 15 is 0 Å². The number of hydrogen-bond donors (Lipinski definition) is 0. The monoisotopic (exact) mass is 680 g/mol. The third-order valence-electron chi connectivity index (χ3n) is 9.36. The van der Waals surface area contributed by atoms with Crippen molar-refractivity contribution in [1.82, 2.24) is 9.80 Å². The molecule has 0 unspecified atom stereocenters. The third-order valence-corrected chi connectivity index (χ3v) is 11.9. The minimum absolute atomic E-state index is 0.170. The van der Waals surface area contributed by atoms with Gasteiger partial charge in [-0.2, -0.15) is 0 Å². The van der Waals surface area contributed by atoms with Crippen LogP contribution in [0.3, 0.4) is 0 Å². The number of ether oxygens (including phenoxy) is 2. The van der Waals surface area contributed by atoms with Gasteiger partial charge in [-0.3, -0.25) is 19.2 Å². The zero-order chi connectivity index (χ0) is 33.6. The first-order valence-corrected chi connectivity index (χ1v) is 19.2. The van der Waals surface area contributed by atoms with Crippen LogP contribution in [0, 0.1) is 11.8 Å². The lowest BCUT2D eigenvalue weighted by Crippen LogP contribution is -2.24. The minimum atomic E-state index is 0.170. The van der Waals surface area contributed by atoms with Gasteiger partial charge in [0.1, 0.15) is 0 Å². The second-order valence-electron chi connectivity index (χ2n) is 12.7. The van der Waals surface area contributed by atoms with Crippen LogP contribution in [0.25, 0.3) is 0 Å². The topological polar surface area (TPSA) is 93.2 Å². The SMILES string of the molecule is COCC/C(SC(=O)C1CCC1)=C(\C)N(C=O)CCCCCCCCCCCCN(C=O)/C(C)=C(/CCOC)SC(=O)C1CCC1. The molecule has 2 fully saturated rings. The Labute approximate surface area is 287 Å². The lowest BCUT2D eigenvalue weighted by atomic mass is 9.87. The summed E-state index contributed by atoms with van der Waals surface area (Å²) >= 11 is 2.63. The molecule has 0 radical (unpaired) electrons.